The maximum atomic E-state index is 2.48. The third kappa shape index (κ3) is 5.31. The van der Waals surface area contributed by atoms with Crippen molar-refractivity contribution in [3.63, 3.8) is 0 Å². The van der Waals surface area contributed by atoms with Gasteiger partial charge in [-0.2, -0.15) is 0 Å². The Morgan fingerprint density at radius 3 is 1.67 bits per heavy atom. The van der Waals surface area contributed by atoms with Crippen LogP contribution in [-0.2, 0) is 5.41 Å². The molecular weight excluding hydrogens is 761 g/mol. The van der Waals surface area contributed by atoms with E-state index in [9.17, 15) is 0 Å². The predicted molar refractivity (Wildman–Crippen MR) is 266 cm³/mol. The molecule has 1 aromatic heterocycles. The molecule has 11 aromatic rings. The van der Waals surface area contributed by atoms with Crippen LogP contribution in [0.1, 0.15) is 25.0 Å². The number of rotatable bonds is 6. The minimum Gasteiger partial charge on any atom is -0.310 e. The van der Waals surface area contributed by atoms with Crippen molar-refractivity contribution in [2.45, 2.75) is 19.3 Å². The van der Waals surface area contributed by atoms with E-state index < -0.39 is 0 Å². The van der Waals surface area contributed by atoms with Crippen molar-refractivity contribution in [2.75, 3.05) is 4.90 Å². The van der Waals surface area contributed by atoms with Crippen molar-refractivity contribution in [1.29, 1.82) is 0 Å². The molecule has 0 aliphatic heterocycles. The lowest BCUT2D eigenvalue weighted by molar-refractivity contribution is 0.660. The van der Waals surface area contributed by atoms with Gasteiger partial charge in [-0.1, -0.05) is 172 Å². The van der Waals surface area contributed by atoms with Crippen LogP contribution >= 0.6 is 0 Å². The van der Waals surface area contributed by atoms with E-state index in [1.54, 1.807) is 0 Å². The molecule has 0 amide bonds. The van der Waals surface area contributed by atoms with E-state index in [-0.39, 0.29) is 5.41 Å². The summed E-state index contributed by atoms with van der Waals surface area (Å²) in [5, 5.41) is 5.11. The van der Waals surface area contributed by atoms with Gasteiger partial charge in [-0.05, 0) is 133 Å². The Bertz CT molecular complexity index is 3600. The maximum Gasteiger partial charge on any atom is 0.0541 e. The standard InChI is InChI=1S/C61H42N2/c1-61(2)55-21-10-8-17-48(55)49-33-32-45(38-56(49)61)62(58-36-34-52-47-16-7-6-15-46(47)51-19-12-20-53(58)60(51)52)44-30-27-40(28-31-44)39-23-25-41(26-24-39)42-29-35-59-54(37-42)50-18-9-11-22-57(50)63(59)43-13-4-3-5-14-43/h3-38H,1-2H3. The summed E-state index contributed by atoms with van der Waals surface area (Å²) in [6.45, 7) is 4.73. The quantitative estimate of drug-likeness (QED) is 0.163. The van der Waals surface area contributed by atoms with Gasteiger partial charge in [0.1, 0.15) is 0 Å². The van der Waals surface area contributed by atoms with Gasteiger partial charge >= 0.3 is 0 Å². The molecule has 2 aliphatic carbocycles. The minimum atomic E-state index is -0.111. The molecule has 296 valence electrons. The van der Waals surface area contributed by atoms with Crippen molar-refractivity contribution in [3.05, 3.63) is 230 Å². The van der Waals surface area contributed by atoms with E-state index in [2.05, 4.69) is 242 Å². The number of fused-ring (bicyclic) bond motifs is 9. The second kappa shape index (κ2) is 13.5. The summed E-state index contributed by atoms with van der Waals surface area (Å²) < 4.78 is 2.37. The molecule has 2 aliphatic rings. The van der Waals surface area contributed by atoms with E-state index in [0.29, 0.717) is 0 Å². The van der Waals surface area contributed by atoms with Gasteiger partial charge in [-0.3, -0.25) is 0 Å². The first-order valence-corrected chi connectivity index (χ1v) is 22.0. The fraction of sp³-hybridized carbons (Fsp3) is 0.0492. The van der Waals surface area contributed by atoms with Crippen LogP contribution in [0.3, 0.4) is 0 Å². The summed E-state index contributed by atoms with van der Waals surface area (Å²) in [6.07, 6.45) is 0. The molecule has 2 heteroatoms. The topological polar surface area (TPSA) is 8.17 Å². The van der Waals surface area contributed by atoms with Crippen LogP contribution in [0.25, 0.3) is 93.9 Å². The van der Waals surface area contributed by atoms with E-state index in [1.165, 1.54) is 111 Å². The Labute approximate surface area is 367 Å². The summed E-state index contributed by atoms with van der Waals surface area (Å²) in [5.74, 6) is 0. The van der Waals surface area contributed by atoms with Crippen LogP contribution in [0.4, 0.5) is 17.1 Å². The largest absolute Gasteiger partial charge is 0.310 e. The van der Waals surface area contributed by atoms with Crippen molar-refractivity contribution < 1.29 is 0 Å². The number of benzene rings is 10. The van der Waals surface area contributed by atoms with Crippen LogP contribution in [-0.4, -0.2) is 4.57 Å². The third-order valence-electron chi connectivity index (χ3n) is 14.0. The Kier molecular flexibility index (Phi) is 7.68. The van der Waals surface area contributed by atoms with Gasteiger partial charge < -0.3 is 9.47 Å². The first-order valence-electron chi connectivity index (χ1n) is 22.0. The second-order valence-electron chi connectivity index (χ2n) is 17.7. The fourth-order valence-corrected chi connectivity index (χ4v) is 10.9. The molecule has 0 spiro atoms. The van der Waals surface area contributed by atoms with Crippen LogP contribution in [0.2, 0.25) is 0 Å². The lowest BCUT2D eigenvalue weighted by Gasteiger charge is -2.29. The number of hydrogen-bond acceptors (Lipinski definition) is 1. The number of nitrogens with zero attached hydrogens (tertiary/aromatic N) is 2. The van der Waals surface area contributed by atoms with Crippen molar-refractivity contribution >= 4 is 49.6 Å². The number of hydrogen-bond donors (Lipinski definition) is 0. The second-order valence-corrected chi connectivity index (χ2v) is 17.7. The summed E-state index contributed by atoms with van der Waals surface area (Å²) in [4.78, 5) is 2.48. The summed E-state index contributed by atoms with van der Waals surface area (Å²) >= 11 is 0. The van der Waals surface area contributed by atoms with Gasteiger partial charge in [0.2, 0.25) is 0 Å². The molecule has 0 fully saturated rings. The highest BCUT2D eigenvalue weighted by Gasteiger charge is 2.36. The minimum absolute atomic E-state index is 0.111. The van der Waals surface area contributed by atoms with Gasteiger partial charge in [-0.15, -0.1) is 0 Å². The Balaban J connectivity index is 0.891. The highest BCUT2D eigenvalue weighted by molar-refractivity contribution is 6.19. The summed E-state index contributed by atoms with van der Waals surface area (Å²) in [6, 6.07) is 80.8. The maximum absolute atomic E-state index is 2.48. The number of aromatic nitrogens is 1. The smallest absolute Gasteiger partial charge is 0.0541 e. The predicted octanol–water partition coefficient (Wildman–Crippen LogP) is 16.7. The molecule has 0 bridgehead atoms. The Hall–Kier alpha value is -7.94. The zero-order valence-corrected chi connectivity index (χ0v) is 35.2. The Morgan fingerprint density at radius 2 is 0.889 bits per heavy atom. The molecular formula is C61H42N2. The first kappa shape index (κ1) is 35.8. The molecule has 0 N–H and O–H groups in total. The molecule has 0 radical (unpaired) electrons. The average Bonchev–Trinajstić information content (AvgIpc) is 3.93. The number of para-hydroxylation sites is 2. The van der Waals surface area contributed by atoms with Gasteiger partial charge in [-0.25, -0.2) is 0 Å². The highest BCUT2D eigenvalue weighted by Crippen LogP contribution is 2.53. The molecule has 1 heterocycles. The SMILES string of the molecule is CC1(C)c2ccccc2-c2ccc(N(c3ccc(-c4ccc(-c5ccc6c(c5)c5ccccc5n6-c5ccccc5)cc4)cc3)c3ccc4c5c(cccc35)-c3ccccc3-4)cc21. The monoisotopic (exact) mass is 802 g/mol. The normalized spacial score (nSPS) is 13.0. The molecule has 13 rings (SSSR count). The average molecular weight is 803 g/mol. The third-order valence-corrected chi connectivity index (χ3v) is 14.0. The lowest BCUT2D eigenvalue weighted by atomic mass is 9.82. The van der Waals surface area contributed by atoms with Crippen molar-refractivity contribution in [1.82, 2.24) is 4.57 Å². The Morgan fingerprint density at radius 1 is 0.349 bits per heavy atom. The lowest BCUT2D eigenvalue weighted by Crippen LogP contribution is -2.16. The first-order chi connectivity index (χ1) is 31.0. The molecule has 0 saturated heterocycles. The molecule has 0 unspecified atom stereocenters. The van der Waals surface area contributed by atoms with Gasteiger partial charge in [0.15, 0.2) is 0 Å². The highest BCUT2D eigenvalue weighted by atomic mass is 15.1. The number of anilines is 3. The van der Waals surface area contributed by atoms with Gasteiger partial charge in [0.05, 0.1) is 16.7 Å². The van der Waals surface area contributed by atoms with Gasteiger partial charge in [0.25, 0.3) is 0 Å². The van der Waals surface area contributed by atoms with Crippen molar-refractivity contribution in [2.24, 2.45) is 0 Å². The zero-order chi connectivity index (χ0) is 41.8. The molecule has 0 saturated carbocycles. The van der Waals surface area contributed by atoms with E-state index in [4.69, 9.17) is 0 Å². The fourth-order valence-electron chi connectivity index (χ4n) is 10.9. The molecule has 2 nitrogen and oxygen atoms in total. The zero-order valence-electron chi connectivity index (χ0n) is 35.2. The van der Waals surface area contributed by atoms with Crippen LogP contribution < -0.4 is 4.90 Å². The summed E-state index contributed by atoms with van der Waals surface area (Å²) in [5.41, 5.74) is 22.4. The summed E-state index contributed by atoms with van der Waals surface area (Å²) in [7, 11) is 0. The van der Waals surface area contributed by atoms with E-state index in [1.807, 2.05) is 0 Å². The van der Waals surface area contributed by atoms with Crippen molar-refractivity contribution in [3.8, 4) is 61.3 Å². The van der Waals surface area contributed by atoms with E-state index in [0.717, 1.165) is 11.4 Å². The molecule has 10 aromatic carbocycles. The van der Waals surface area contributed by atoms with E-state index >= 15 is 0 Å². The molecule has 63 heavy (non-hydrogen) atoms. The van der Waals surface area contributed by atoms with Crippen LogP contribution in [0, 0.1) is 0 Å². The van der Waals surface area contributed by atoms with Crippen LogP contribution in [0.5, 0.6) is 0 Å². The van der Waals surface area contributed by atoms with Gasteiger partial charge in [0, 0.05) is 38.6 Å². The van der Waals surface area contributed by atoms with Crippen LogP contribution in [0.15, 0.2) is 218 Å². The molecule has 0 atom stereocenters.